The van der Waals surface area contributed by atoms with Crippen LogP contribution in [0.2, 0.25) is 0 Å². The minimum atomic E-state index is -0.769. The molecule has 0 bridgehead atoms. The normalized spacial score (nSPS) is 21.6. The van der Waals surface area contributed by atoms with Gasteiger partial charge in [0.05, 0.1) is 0 Å². The molecule has 20 heavy (non-hydrogen) atoms. The number of carbonyl (C=O) groups is 1. The summed E-state index contributed by atoms with van der Waals surface area (Å²) in [5, 5.41) is 12.8. The molecule has 1 aromatic rings. The highest BCUT2D eigenvalue weighted by atomic mass is 16.4. The molecule has 0 saturated heterocycles. The molecule has 0 spiro atoms. The average molecular weight is 273 g/mol. The molecule has 0 aliphatic heterocycles. The van der Waals surface area contributed by atoms with Gasteiger partial charge in [-0.1, -0.05) is 43.5 Å². The average Bonchev–Trinajstić information content (AvgIpc) is 3.30. The molecule has 1 unspecified atom stereocenters. The molecule has 2 N–H and O–H groups in total. The largest absolute Gasteiger partial charge is 0.480 e. The van der Waals surface area contributed by atoms with Crippen molar-refractivity contribution in [1.82, 2.24) is 5.32 Å². The van der Waals surface area contributed by atoms with Crippen LogP contribution in [0.15, 0.2) is 24.3 Å². The molecule has 0 aromatic heterocycles. The number of rotatable bonds is 5. The fourth-order valence-corrected chi connectivity index (χ4v) is 3.19. The number of aliphatic carboxylic acids is 1. The van der Waals surface area contributed by atoms with Crippen LogP contribution in [0, 0.1) is 0 Å². The van der Waals surface area contributed by atoms with Gasteiger partial charge in [0.1, 0.15) is 6.04 Å². The van der Waals surface area contributed by atoms with Crippen molar-refractivity contribution in [3.63, 3.8) is 0 Å². The van der Waals surface area contributed by atoms with Gasteiger partial charge in [-0.25, -0.2) is 0 Å². The fourth-order valence-electron chi connectivity index (χ4n) is 3.19. The zero-order valence-corrected chi connectivity index (χ0v) is 11.8. The Morgan fingerprint density at radius 2 is 1.70 bits per heavy atom. The van der Waals surface area contributed by atoms with Gasteiger partial charge in [0.15, 0.2) is 0 Å². The van der Waals surface area contributed by atoms with Gasteiger partial charge in [0.2, 0.25) is 0 Å². The Hall–Kier alpha value is -1.35. The van der Waals surface area contributed by atoms with Crippen LogP contribution < -0.4 is 5.32 Å². The molecule has 2 aliphatic carbocycles. The van der Waals surface area contributed by atoms with E-state index in [2.05, 4.69) is 17.4 Å². The molecule has 2 aliphatic rings. The zero-order chi connectivity index (χ0) is 13.9. The molecule has 0 amide bonds. The van der Waals surface area contributed by atoms with Crippen LogP contribution in [0.1, 0.15) is 68.0 Å². The number of benzene rings is 1. The van der Waals surface area contributed by atoms with Crippen molar-refractivity contribution in [2.24, 2.45) is 0 Å². The zero-order valence-electron chi connectivity index (χ0n) is 11.8. The second kappa shape index (κ2) is 5.96. The van der Waals surface area contributed by atoms with Crippen molar-refractivity contribution < 1.29 is 9.90 Å². The Balaban J connectivity index is 1.69. The van der Waals surface area contributed by atoms with Gasteiger partial charge in [0, 0.05) is 6.04 Å². The van der Waals surface area contributed by atoms with Gasteiger partial charge in [-0.15, -0.1) is 0 Å². The monoisotopic (exact) mass is 273 g/mol. The summed E-state index contributed by atoms with van der Waals surface area (Å²) < 4.78 is 0. The number of carboxylic acids is 1. The molecular weight excluding hydrogens is 250 g/mol. The summed E-state index contributed by atoms with van der Waals surface area (Å²) in [5.41, 5.74) is 2.24. The van der Waals surface area contributed by atoms with E-state index in [1.165, 1.54) is 37.7 Å². The highest BCUT2D eigenvalue weighted by Gasteiger charge is 2.26. The lowest BCUT2D eigenvalue weighted by atomic mass is 9.93. The first kappa shape index (κ1) is 13.6. The topological polar surface area (TPSA) is 49.3 Å². The lowest BCUT2D eigenvalue weighted by molar-refractivity contribution is -0.140. The highest BCUT2D eigenvalue weighted by Crippen LogP contribution is 2.40. The summed E-state index contributed by atoms with van der Waals surface area (Å²) in [4.78, 5) is 11.5. The maximum absolute atomic E-state index is 11.5. The molecule has 0 heterocycles. The van der Waals surface area contributed by atoms with E-state index in [1.807, 2.05) is 12.1 Å². The molecule has 108 valence electrons. The van der Waals surface area contributed by atoms with Crippen molar-refractivity contribution >= 4 is 5.97 Å². The molecule has 1 aromatic carbocycles. The molecule has 3 nitrogen and oxygen atoms in total. The second-order valence-corrected chi connectivity index (χ2v) is 6.21. The number of hydrogen-bond donors (Lipinski definition) is 2. The molecule has 0 radical (unpaired) electrons. The lowest BCUT2D eigenvalue weighted by Crippen LogP contribution is -2.38. The summed E-state index contributed by atoms with van der Waals surface area (Å²) >= 11 is 0. The quantitative estimate of drug-likeness (QED) is 0.861. The summed E-state index contributed by atoms with van der Waals surface area (Å²) in [7, 11) is 0. The van der Waals surface area contributed by atoms with Crippen LogP contribution in [0.25, 0.3) is 0 Å². The van der Waals surface area contributed by atoms with Crippen LogP contribution in [-0.2, 0) is 4.79 Å². The van der Waals surface area contributed by atoms with Crippen LogP contribution in [0.5, 0.6) is 0 Å². The Labute approximate surface area is 120 Å². The standard InChI is InChI=1S/C17H23NO2/c19-17(20)16(18-15-4-2-1-3-5-15)14-10-8-13(9-11-14)12-6-7-12/h8-12,15-16,18H,1-7H2,(H,19,20). The van der Waals surface area contributed by atoms with Gasteiger partial charge in [0.25, 0.3) is 0 Å². The SMILES string of the molecule is O=C(O)C(NC1CCCCC1)c1ccc(C2CC2)cc1. The van der Waals surface area contributed by atoms with Crippen molar-refractivity contribution in [3.8, 4) is 0 Å². The number of carboxylic acid groups (broad SMARTS) is 1. The molecule has 2 fully saturated rings. The van der Waals surface area contributed by atoms with Gasteiger partial charge in [-0.05, 0) is 42.7 Å². The molecule has 2 saturated carbocycles. The van der Waals surface area contributed by atoms with E-state index in [-0.39, 0.29) is 0 Å². The predicted molar refractivity (Wildman–Crippen MR) is 78.8 cm³/mol. The molecule has 3 heteroatoms. The minimum absolute atomic E-state index is 0.355. The van der Waals surface area contributed by atoms with Gasteiger partial charge >= 0.3 is 5.97 Å². The van der Waals surface area contributed by atoms with Gasteiger partial charge in [-0.3, -0.25) is 10.1 Å². The number of nitrogens with one attached hydrogen (secondary N) is 1. The summed E-state index contributed by atoms with van der Waals surface area (Å²) in [6.45, 7) is 0. The second-order valence-electron chi connectivity index (χ2n) is 6.21. The van der Waals surface area contributed by atoms with E-state index >= 15 is 0 Å². The third-order valence-corrected chi connectivity index (χ3v) is 4.57. The summed E-state index contributed by atoms with van der Waals surface area (Å²) in [6, 6.07) is 7.97. The lowest BCUT2D eigenvalue weighted by Gasteiger charge is -2.26. The predicted octanol–water partition coefficient (Wildman–Crippen LogP) is 3.61. The smallest absolute Gasteiger partial charge is 0.325 e. The van der Waals surface area contributed by atoms with Crippen LogP contribution in [0.4, 0.5) is 0 Å². The van der Waals surface area contributed by atoms with Crippen LogP contribution >= 0.6 is 0 Å². The Morgan fingerprint density at radius 1 is 1.05 bits per heavy atom. The Morgan fingerprint density at radius 3 is 2.25 bits per heavy atom. The van der Waals surface area contributed by atoms with Crippen molar-refractivity contribution in [2.45, 2.75) is 62.9 Å². The fraction of sp³-hybridized carbons (Fsp3) is 0.588. The van der Waals surface area contributed by atoms with Gasteiger partial charge in [-0.2, -0.15) is 0 Å². The first-order valence-electron chi connectivity index (χ1n) is 7.83. The number of hydrogen-bond acceptors (Lipinski definition) is 2. The van der Waals surface area contributed by atoms with Crippen LogP contribution in [0.3, 0.4) is 0 Å². The Bertz CT molecular complexity index is 458. The molecule has 3 rings (SSSR count). The van der Waals surface area contributed by atoms with Crippen LogP contribution in [-0.4, -0.2) is 17.1 Å². The van der Waals surface area contributed by atoms with Crippen molar-refractivity contribution in [3.05, 3.63) is 35.4 Å². The Kier molecular flexibility index (Phi) is 4.06. The van der Waals surface area contributed by atoms with E-state index < -0.39 is 12.0 Å². The van der Waals surface area contributed by atoms with E-state index in [0.29, 0.717) is 6.04 Å². The van der Waals surface area contributed by atoms with Crippen molar-refractivity contribution in [2.75, 3.05) is 0 Å². The first-order valence-corrected chi connectivity index (χ1v) is 7.83. The maximum atomic E-state index is 11.5. The van der Waals surface area contributed by atoms with Crippen molar-refractivity contribution in [1.29, 1.82) is 0 Å². The van der Waals surface area contributed by atoms with Gasteiger partial charge < -0.3 is 5.11 Å². The van der Waals surface area contributed by atoms with E-state index in [9.17, 15) is 9.90 Å². The molecular formula is C17H23NO2. The third kappa shape index (κ3) is 3.21. The summed E-state index contributed by atoms with van der Waals surface area (Å²) in [5.74, 6) is -0.0478. The van der Waals surface area contributed by atoms with E-state index in [4.69, 9.17) is 0 Å². The highest BCUT2D eigenvalue weighted by molar-refractivity contribution is 5.75. The third-order valence-electron chi connectivity index (χ3n) is 4.57. The minimum Gasteiger partial charge on any atom is -0.480 e. The maximum Gasteiger partial charge on any atom is 0.325 e. The molecule has 1 atom stereocenters. The van der Waals surface area contributed by atoms with E-state index in [0.717, 1.165) is 24.3 Å². The summed E-state index contributed by atoms with van der Waals surface area (Å²) in [6.07, 6.45) is 8.47. The first-order chi connectivity index (χ1) is 9.74. The van der Waals surface area contributed by atoms with E-state index in [1.54, 1.807) is 0 Å².